The van der Waals surface area contributed by atoms with Crippen molar-refractivity contribution in [3.05, 3.63) is 105 Å². The first-order chi connectivity index (χ1) is 21.2. The summed E-state index contributed by atoms with van der Waals surface area (Å²) in [5, 5.41) is 6.68. The first kappa shape index (κ1) is 32.5. The van der Waals surface area contributed by atoms with E-state index >= 15 is 0 Å². The average Bonchev–Trinajstić information content (AvgIpc) is 3.39. The highest BCUT2D eigenvalue weighted by Gasteiger charge is 2.22. The number of halogens is 1. The Labute approximate surface area is 270 Å². The Bertz CT molecular complexity index is 2000. The molecule has 0 amide bonds. The van der Waals surface area contributed by atoms with E-state index in [1.54, 1.807) is 12.1 Å². The van der Waals surface area contributed by atoms with Gasteiger partial charge in [0.1, 0.15) is 11.5 Å². The second-order valence-corrected chi connectivity index (χ2v) is 14.6. The molecule has 5 aromatic rings. The Kier molecular flexibility index (Phi) is 9.28. The molecular formula is C36H40ClN3O4S. The largest absolute Gasteiger partial charge is 0.494 e. The number of ether oxygens (including phenoxy) is 1. The van der Waals surface area contributed by atoms with Crippen LogP contribution in [-0.4, -0.2) is 47.2 Å². The van der Waals surface area contributed by atoms with Crippen LogP contribution < -0.4 is 4.74 Å². The fourth-order valence-corrected chi connectivity index (χ4v) is 6.96. The van der Waals surface area contributed by atoms with Gasteiger partial charge < -0.3 is 9.30 Å². The van der Waals surface area contributed by atoms with Crippen LogP contribution in [0.15, 0.2) is 54.6 Å². The quantitative estimate of drug-likeness (QED) is 0.110. The zero-order valence-corrected chi connectivity index (χ0v) is 28.6. The smallest absolute Gasteiger partial charge is 0.177 e. The molecule has 0 spiro atoms. The third-order valence-corrected chi connectivity index (χ3v) is 9.89. The predicted molar refractivity (Wildman–Crippen MR) is 183 cm³/mol. The van der Waals surface area contributed by atoms with E-state index in [4.69, 9.17) is 21.4 Å². The number of aromatic nitrogens is 3. The summed E-state index contributed by atoms with van der Waals surface area (Å²) in [6.45, 7) is 11.5. The van der Waals surface area contributed by atoms with Crippen molar-refractivity contribution in [3.63, 3.8) is 0 Å². The number of hydrogen-bond acceptors (Lipinski definition) is 5. The van der Waals surface area contributed by atoms with Crippen LogP contribution in [0.2, 0.25) is 5.02 Å². The van der Waals surface area contributed by atoms with E-state index in [9.17, 15) is 13.2 Å². The zero-order chi connectivity index (χ0) is 32.6. The molecule has 0 saturated heterocycles. The maximum atomic E-state index is 12.5. The third kappa shape index (κ3) is 6.87. The molecule has 0 fully saturated rings. The third-order valence-electron chi connectivity index (χ3n) is 8.51. The van der Waals surface area contributed by atoms with Crippen molar-refractivity contribution in [2.75, 3.05) is 18.6 Å². The van der Waals surface area contributed by atoms with Crippen molar-refractivity contribution >= 4 is 38.1 Å². The van der Waals surface area contributed by atoms with Gasteiger partial charge in [-0.2, -0.15) is 5.10 Å². The van der Waals surface area contributed by atoms with Crippen LogP contribution in [-0.2, 0) is 29.9 Å². The lowest BCUT2D eigenvalue weighted by molar-refractivity contribution is 0.102. The highest BCUT2D eigenvalue weighted by molar-refractivity contribution is 7.91. The van der Waals surface area contributed by atoms with E-state index in [1.807, 2.05) is 56.8 Å². The van der Waals surface area contributed by atoms with Crippen molar-refractivity contribution in [1.82, 2.24) is 14.3 Å². The molecule has 0 saturated carbocycles. The molecule has 3 aromatic carbocycles. The number of hydrogen-bond donors (Lipinski definition) is 0. The number of carbonyl (C=O) groups is 1. The van der Waals surface area contributed by atoms with Gasteiger partial charge in [-0.15, -0.1) is 0 Å². The number of ketones is 1. The first-order valence-electron chi connectivity index (χ1n) is 15.1. The minimum Gasteiger partial charge on any atom is -0.494 e. The topological polar surface area (TPSA) is 83.2 Å². The van der Waals surface area contributed by atoms with Crippen molar-refractivity contribution in [2.24, 2.45) is 7.05 Å². The van der Waals surface area contributed by atoms with Gasteiger partial charge in [-0.25, -0.2) is 8.42 Å². The zero-order valence-electron chi connectivity index (χ0n) is 27.0. The van der Waals surface area contributed by atoms with Gasteiger partial charge in [0.25, 0.3) is 0 Å². The number of sulfone groups is 1. The number of nitrogens with zero attached hydrogens (tertiary/aromatic N) is 3. The van der Waals surface area contributed by atoms with E-state index in [2.05, 4.69) is 36.6 Å². The van der Waals surface area contributed by atoms with Crippen LogP contribution in [0.25, 0.3) is 22.0 Å². The van der Waals surface area contributed by atoms with E-state index < -0.39 is 21.4 Å². The Morgan fingerprint density at radius 2 is 1.62 bits per heavy atom. The molecule has 236 valence electrons. The van der Waals surface area contributed by atoms with Gasteiger partial charge in [0.15, 0.2) is 15.6 Å². The van der Waals surface area contributed by atoms with Gasteiger partial charge in [-0.1, -0.05) is 54.1 Å². The Morgan fingerprint density at radius 3 is 2.22 bits per heavy atom. The second kappa shape index (κ2) is 12.9. The number of Topliss-reactive ketones (excluding diaryl/α,β-unsaturated/α-hetero) is 1. The SMILES string of the molecule is Cc1cc(OCCCc2c(C)n(Cc3ccc(C(=O)CS(C)(=O)=O)cc3)c3c(-c4c(C)nn(C)c4C)cccc23)cc(C)c1Cl. The number of para-hydroxylation sites is 1. The van der Waals surface area contributed by atoms with Gasteiger partial charge in [-0.3, -0.25) is 9.48 Å². The van der Waals surface area contributed by atoms with E-state index in [0.717, 1.165) is 74.6 Å². The Morgan fingerprint density at radius 1 is 0.956 bits per heavy atom. The Balaban J connectivity index is 1.50. The van der Waals surface area contributed by atoms with Gasteiger partial charge in [0.05, 0.1) is 17.8 Å². The van der Waals surface area contributed by atoms with Crippen LogP contribution in [0.3, 0.4) is 0 Å². The van der Waals surface area contributed by atoms with Crippen LogP contribution in [0, 0.1) is 34.6 Å². The molecule has 5 rings (SSSR count). The van der Waals surface area contributed by atoms with Crippen LogP contribution in [0.1, 0.15) is 56.1 Å². The minimum absolute atomic E-state index is 0.396. The number of benzene rings is 3. The molecule has 2 heterocycles. The molecule has 0 radical (unpaired) electrons. The van der Waals surface area contributed by atoms with Crippen molar-refractivity contribution in [2.45, 2.75) is 54.0 Å². The maximum Gasteiger partial charge on any atom is 0.177 e. The molecule has 2 aromatic heterocycles. The maximum absolute atomic E-state index is 12.5. The van der Waals surface area contributed by atoms with Crippen molar-refractivity contribution in [3.8, 4) is 16.9 Å². The first-order valence-corrected chi connectivity index (χ1v) is 17.5. The number of aryl methyl sites for hydroxylation is 5. The molecule has 0 unspecified atom stereocenters. The summed E-state index contributed by atoms with van der Waals surface area (Å²) < 4.78 is 33.7. The predicted octanol–water partition coefficient (Wildman–Crippen LogP) is 7.52. The van der Waals surface area contributed by atoms with E-state index in [1.165, 1.54) is 16.6 Å². The lowest BCUT2D eigenvalue weighted by atomic mass is 9.98. The van der Waals surface area contributed by atoms with E-state index in [0.29, 0.717) is 18.7 Å². The summed E-state index contributed by atoms with van der Waals surface area (Å²) >= 11 is 6.35. The summed E-state index contributed by atoms with van der Waals surface area (Å²) in [5.74, 6) is -0.0627. The van der Waals surface area contributed by atoms with Crippen LogP contribution in [0.4, 0.5) is 0 Å². The fourth-order valence-electron chi connectivity index (χ4n) is 6.21. The van der Waals surface area contributed by atoms with E-state index in [-0.39, 0.29) is 0 Å². The van der Waals surface area contributed by atoms with Crippen molar-refractivity contribution in [1.29, 1.82) is 0 Å². The molecule has 9 heteroatoms. The molecule has 45 heavy (non-hydrogen) atoms. The summed E-state index contributed by atoms with van der Waals surface area (Å²) in [5.41, 5.74) is 11.4. The van der Waals surface area contributed by atoms with Crippen LogP contribution >= 0.6 is 11.6 Å². The summed E-state index contributed by atoms with van der Waals surface area (Å²) in [6, 6.07) is 17.7. The molecule has 0 atom stereocenters. The van der Waals surface area contributed by atoms with Gasteiger partial charge >= 0.3 is 0 Å². The van der Waals surface area contributed by atoms with Gasteiger partial charge in [-0.05, 0) is 81.8 Å². The Hall–Kier alpha value is -3.88. The minimum atomic E-state index is -3.40. The lowest BCUT2D eigenvalue weighted by Crippen LogP contribution is -2.14. The fraction of sp³-hybridized carbons (Fsp3) is 0.333. The number of rotatable bonds is 11. The molecule has 0 N–H and O–H groups in total. The molecule has 0 aliphatic carbocycles. The van der Waals surface area contributed by atoms with Gasteiger partial charge in [0, 0.05) is 58.3 Å². The van der Waals surface area contributed by atoms with Crippen LogP contribution in [0.5, 0.6) is 5.75 Å². The molecule has 7 nitrogen and oxygen atoms in total. The molecule has 0 bridgehead atoms. The molecule has 0 aliphatic heterocycles. The van der Waals surface area contributed by atoms with Gasteiger partial charge in [0.2, 0.25) is 0 Å². The molecular weight excluding hydrogens is 606 g/mol. The lowest BCUT2D eigenvalue weighted by Gasteiger charge is -2.13. The normalized spacial score (nSPS) is 11.8. The monoisotopic (exact) mass is 645 g/mol. The average molecular weight is 646 g/mol. The standard InChI is InChI=1S/C36H40ClN3O4S/c1-22-18-29(19-23(2)35(22)37)44-17-9-12-30-25(4)40(20-27-13-15-28(16-14-27)33(41)21-45(7,42)43)36-31(30)10-8-11-32(36)34-24(3)38-39(6)26(34)5/h8,10-11,13-16,18-19H,9,12,17,20-21H2,1-7H3. The second-order valence-electron chi connectivity index (χ2n) is 12.0. The number of fused-ring (bicyclic) bond motifs is 1. The summed E-state index contributed by atoms with van der Waals surface area (Å²) in [4.78, 5) is 12.5. The summed E-state index contributed by atoms with van der Waals surface area (Å²) in [6.07, 6.45) is 2.76. The van der Waals surface area contributed by atoms with Crippen molar-refractivity contribution < 1.29 is 17.9 Å². The highest BCUT2D eigenvalue weighted by Crippen LogP contribution is 2.38. The highest BCUT2D eigenvalue weighted by atomic mass is 35.5. The summed E-state index contributed by atoms with van der Waals surface area (Å²) in [7, 11) is -1.43. The number of carbonyl (C=O) groups excluding carboxylic acids is 1. The molecule has 0 aliphatic rings.